The maximum Gasteiger partial charge on any atom is 0.226 e. The molecule has 1 aliphatic rings. The van der Waals surface area contributed by atoms with Crippen LogP contribution in [0.5, 0.6) is 5.75 Å². The molecule has 0 radical (unpaired) electrons. The van der Waals surface area contributed by atoms with E-state index in [4.69, 9.17) is 26.8 Å². The van der Waals surface area contributed by atoms with E-state index in [2.05, 4.69) is 0 Å². The molecule has 0 aliphatic carbocycles. The highest BCUT2D eigenvalue weighted by atomic mass is 35.5. The highest BCUT2D eigenvalue weighted by Gasteiger charge is 2.22. The first-order valence-electron chi connectivity index (χ1n) is 9.33. The number of carbonyl (C=O) groups is 1. The summed E-state index contributed by atoms with van der Waals surface area (Å²) in [5, 5.41) is 0.540. The first-order valence-corrected chi connectivity index (χ1v) is 9.70. The molecule has 28 heavy (non-hydrogen) atoms. The molecule has 0 saturated carbocycles. The molecule has 1 unspecified atom stereocenters. The van der Waals surface area contributed by atoms with Gasteiger partial charge in [0, 0.05) is 31.1 Å². The van der Waals surface area contributed by atoms with Gasteiger partial charge in [-0.2, -0.15) is 0 Å². The first kappa shape index (κ1) is 20.4. The molecule has 0 aromatic heterocycles. The molecule has 1 amide bonds. The van der Waals surface area contributed by atoms with Crippen molar-refractivity contribution in [2.24, 2.45) is 0 Å². The Hall–Kier alpha value is -2.31. The number of rotatable bonds is 6. The van der Waals surface area contributed by atoms with Crippen LogP contribution in [0, 0.1) is 5.82 Å². The van der Waals surface area contributed by atoms with Gasteiger partial charge in [0.2, 0.25) is 5.91 Å². The lowest BCUT2D eigenvalue weighted by Gasteiger charge is -2.24. The van der Waals surface area contributed by atoms with Gasteiger partial charge in [0.15, 0.2) is 0 Å². The van der Waals surface area contributed by atoms with E-state index >= 15 is 0 Å². The molecule has 3 rings (SSSR count). The number of nitrogen functional groups attached to an aromatic ring is 1. The minimum Gasteiger partial charge on any atom is -0.491 e. The van der Waals surface area contributed by atoms with Crippen LogP contribution in [-0.2, 0) is 16.0 Å². The fourth-order valence-corrected chi connectivity index (χ4v) is 3.37. The van der Waals surface area contributed by atoms with E-state index in [9.17, 15) is 9.18 Å². The van der Waals surface area contributed by atoms with Gasteiger partial charge in [0.1, 0.15) is 11.6 Å². The average molecular weight is 407 g/mol. The molecule has 150 valence electrons. The number of nitrogens with zero attached hydrogens (tertiary/aromatic N) is 1. The second-order valence-corrected chi connectivity index (χ2v) is 7.23. The molecule has 7 heteroatoms. The van der Waals surface area contributed by atoms with Gasteiger partial charge in [0.25, 0.3) is 0 Å². The minimum atomic E-state index is -0.260. The van der Waals surface area contributed by atoms with Gasteiger partial charge < -0.3 is 20.1 Å². The van der Waals surface area contributed by atoms with Crippen LogP contribution in [0.25, 0.3) is 0 Å². The molecule has 1 atom stereocenters. The smallest absolute Gasteiger partial charge is 0.226 e. The van der Waals surface area contributed by atoms with Crippen molar-refractivity contribution in [3.05, 3.63) is 58.9 Å². The van der Waals surface area contributed by atoms with Crippen LogP contribution in [0.4, 0.5) is 10.1 Å². The molecule has 1 aliphatic heterocycles. The predicted molar refractivity (Wildman–Crippen MR) is 107 cm³/mol. The highest BCUT2D eigenvalue weighted by Crippen LogP contribution is 2.25. The van der Waals surface area contributed by atoms with Crippen LogP contribution in [-0.4, -0.2) is 43.2 Å². The van der Waals surface area contributed by atoms with Crippen LogP contribution in [0.3, 0.4) is 0 Å². The maximum absolute atomic E-state index is 13.1. The lowest BCUT2D eigenvalue weighted by molar-refractivity contribution is -0.132. The number of halogens is 2. The molecule has 1 heterocycles. The van der Waals surface area contributed by atoms with Crippen molar-refractivity contribution < 1.29 is 18.7 Å². The average Bonchev–Trinajstić information content (AvgIpc) is 2.91. The maximum atomic E-state index is 13.1. The third kappa shape index (κ3) is 5.84. The Morgan fingerprint density at radius 3 is 2.82 bits per heavy atom. The monoisotopic (exact) mass is 406 g/mol. The molecular formula is C21H24ClFN2O3. The summed E-state index contributed by atoms with van der Waals surface area (Å²) in [4.78, 5) is 14.4. The Bertz CT molecular complexity index is 801. The first-order chi connectivity index (χ1) is 13.5. The summed E-state index contributed by atoms with van der Waals surface area (Å²) in [5.74, 6) is 0.274. The van der Waals surface area contributed by atoms with Crippen LogP contribution in [0.2, 0.25) is 5.02 Å². The van der Waals surface area contributed by atoms with E-state index in [1.165, 1.54) is 12.1 Å². The summed E-state index contributed by atoms with van der Waals surface area (Å²) in [6.45, 7) is 2.01. The molecule has 2 aromatic carbocycles. The zero-order chi connectivity index (χ0) is 19.9. The van der Waals surface area contributed by atoms with Crippen molar-refractivity contribution in [3.63, 3.8) is 0 Å². The number of nitrogens with two attached hydrogens (primary N) is 1. The van der Waals surface area contributed by atoms with Crippen molar-refractivity contribution >= 4 is 23.2 Å². The number of carbonyl (C=O) groups excluding carboxylic acids is 1. The van der Waals surface area contributed by atoms with Gasteiger partial charge in [-0.05, 0) is 42.3 Å². The summed E-state index contributed by atoms with van der Waals surface area (Å²) in [6, 6.07) is 11.4. The van der Waals surface area contributed by atoms with Crippen LogP contribution in [0.15, 0.2) is 42.5 Å². The van der Waals surface area contributed by atoms with E-state index < -0.39 is 0 Å². The Balaban J connectivity index is 1.51. The van der Waals surface area contributed by atoms with E-state index in [1.807, 2.05) is 4.90 Å². The SMILES string of the molecule is Nc1cc(Cl)ccc1OCCC(=O)N1CCCOC(Cc2ccc(F)cc2)C1. The van der Waals surface area contributed by atoms with E-state index in [0.717, 1.165) is 12.0 Å². The minimum absolute atomic E-state index is 0.0159. The second kappa shape index (κ2) is 9.75. The number of amides is 1. The number of ether oxygens (including phenoxy) is 2. The number of anilines is 1. The normalized spacial score (nSPS) is 17.2. The largest absolute Gasteiger partial charge is 0.491 e. The van der Waals surface area contributed by atoms with Crippen LogP contribution < -0.4 is 10.5 Å². The quantitative estimate of drug-likeness (QED) is 0.743. The van der Waals surface area contributed by atoms with Crippen molar-refractivity contribution in [3.8, 4) is 5.75 Å². The number of benzene rings is 2. The zero-order valence-electron chi connectivity index (χ0n) is 15.6. The molecule has 1 fully saturated rings. The topological polar surface area (TPSA) is 64.8 Å². The number of hydrogen-bond acceptors (Lipinski definition) is 4. The fraction of sp³-hybridized carbons (Fsp3) is 0.381. The summed E-state index contributed by atoms with van der Waals surface area (Å²) >= 11 is 5.87. The summed E-state index contributed by atoms with van der Waals surface area (Å²) in [6.07, 6.45) is 1.58. The van der Waals surface area contributed by atoms with Gasteiger partial charge >= 0.3 is 0 Å². The number of hydrogen-bond donors (Lipinski definition) is 1. The Kier molecular flexibility index (Phi) is 7.12. The van der Waals surface area contributed by atoms with E-state index in [0.29, 0.717) is 42.6 Å². The molecule has 2 N–H and O–H groups in total. The summed E-state index contributed by atoms with van der Waals surface area (Å²) < 4.78 is 24.6. The van der Waals surface area contributed by atoms with Crippen molar-refractivity contribution in [1.82, 2.24) is 4.90 Å². The van der Waals surface area contributed by atoms with Crippen molar-refractivity contribution in [2.75, 3.05) is 32.0 Å². The Morgan fingerprint density at radius 1 is 1.29 bits per heavy atom. The van der Waals surface area contributed by atoms with Crippen molar-refractivity contribution in [2.45, 2.75) is 25.4 Å². The second-order valence-electron chi connectivity index (χ2n) is 6.80. The molecule has 1 saturated heterocycles. The van der Waals surface area contributed by atoms with Gasteiger partial charge in [-0.25, -0.2) is 4.39 Å². The van der Waals surface area contributed by atoms with Gasteiger partial charge in [0.05, 0.1) is 24.8 Å². The molecular weight excluding hydrogens is 383 g/mol. The van der Waals surface area contributed by atoms with Gasteiger partial charge in [-0.3, -0.25) is 4.79 Å². The lowest BCUT2D eigenvalue weighted by atomic mass is 10.1. The third-order valence-electron chi connectivity index (χ3n) is 4.62. The molecule has 5 nitrogen and oxygen atoms in total. The Morgan fingerprint density at radius 2 is 2.07 bits per heavy atom. The Labute approximate surface area is 169 Å². The van der Waals surface area contributed by atoms with Gasteiger partial charge in [-0.1, -0.05) is 23.7 Å². The third-order valence-corrected chi connectivity index (χ3v) is 4.86. The molecule has 2 aromatic rings. The van der Waals surface area contributed by atoms with E-state index in [-0.39, 0.29) is 30.9 Å². The summed E-state index contributed by atoms with van der Waals surface area (Å²) in [7, 11) is 0. The predicted octanol–water partition coefficient (Wildman–Crippen LogP) is 3.69. The molecule has 0 bridgehead atoms. The van der Waals surface area contributed by atoms with Crippen molar-refractivity contribution in [1.29, 1.82) is 0 Å². The van der Waals surface area contributed by atoms with Crippen LogP contribution in [0.1, 0.15) is 18.4 Å². The molecule has 0 spiro atoms. The standard InChI is InChI=1S/C21H24ClFN2O3/c22-16-4-7-20(19(24)13-16)28-11-8-21(26)25-9-1-10-27-18(14-25)12-15-2-5-17(23)6-3-15/h2-7,13,18H,1,8-12,14,24H2. The van der Waals surface area contributed by atoms with Gasteiger partial charge in [-0.15, -0.1) is 0 Å². The van der Waals surface area contributed by atoms with E-state index in [1.54, 1.807) is 30.3 Å². The fourth-order valence-electron chi connectivity index (χ4n) is 3.19. The highest BCUT2D eigenvalue weighted by molar-refractivity contribution is 6.30. The lowest BCUT2D eigenvalue weighted by Crippen LogP contribution is -2.38. The summed E-state index contributed by atoms with van der Waals surface area (Å²) in [5.41, 5.74) is 7.29. The van der Waals surface area contributed by atoms with Crippen LogP contribution >= 0.6 is 11.6 Å². The zero-order valence-corrected chi connectivity index (χ0v) is 16.3.